The fraction of sp³-hybridized carbons (Fsp3) is 0.235. The van der Waals surface area contributed by atoms with Crippen LogP contribution in [0.4, 0.5) is 5.69 Å². The van der Waals surface area contributed by atoms with Crippen LogP contribution in [0.1, 0.15) is 0 Å². The Morgan fingerprint density at radius 3 is 2.44 bits per heavy atom. The van der Waals surface area contributed by atoms with Crippen LogP contribution in [-0.4, -0.2) is 46.4 Å². The van der Waals surface area contributed by atoms with Crippen molar-refractivity contribution in [2.75, 3.05) is 33.1 Å². The first-order chi connectivity index (χ1) is 12.6. The summed E-state index contributed by atoms with van der Waals surface area (Å²) in [5, 5.41) is 3.31. The molecule has 0 radical (unpaired) electrons. The number of carbonyl (C=O) groups excluding carboxylic acids is 1. The van der Waals surface area contributed by atoms with Crippen molar-refractivity contribution in [2.24, 2.45) is 0 Å². The molecule has 2 rings (SSSR count). The molecule has 2 aromatic rings. The van der Waals surface area contributed by atoms with E-state index in [0.717, 1.165) is 4.31 Å². The maximum Gasteiger partial charge on any atom is 0.262 e. The minimum atomic E-state index is -3.75. The molecule has 7 nitrogen and oxygen atoms in total. The summed E-state index contributed by atoms with van der Waals surface area (Å²) >= 11 is 11.8. The van der Waals surface area contributed by atoms with Crippen LogP contribution in [0.5, 0.6) is 11.5 Å². The Hall–Kier alpha value is -2.00. The number of anilines is 1. The van der Waals surface area contributed by atoms with Gasteiger partial charge in [0.25, 0.3) is 5.91 Å². The minimum absolute atomic E-state index is 0.0633. The quantitative estimate of drug-likeness (QED) is 0.725. The zero-order valence-electron chi connectivity index (χ0n) is 14.8. The van der Waals surface area contributed by atoms with Gasteiger partial charge in [-0.25, -0.2) is 12.7 Å². The van der Waals surface area contributed by atoms with Crippen molar-refractivity contribution < 1.29 is 22.7 Å². The van der Waals surface area contributed by atoms with Crippen LogP contribution in [0.25, 0.3) is 0 Å². The minimum Gasteiger partial charge on any atom is -0.495 e. The fourth-order valence-corrected chi connectivity index (χ4v) is 3.49. The Labute approximate surface area is 167 Å². The standard InChI is InChI=1S/C17H18Cl2N2O5S/c1-21(2)27(23,24)16-9-12(5-7-14(16)25-3)20-17(22)10-26-15-8-11(18)4-6-13(15)19/h4-9H,10H2,1-3H3,(H,20,22). The summed E-state index contributed by atoms with van der Waals surface area (Å²) in [5.74, 6) is -0.0574. The number of methoxy groups -OCH3 is 1. The fourth-order valence-electron chi connectivity index (χ4n) is 2.08. The molecule has 0 unspecified atom stereocenters. The zero-order valence-corrected chi connectivity index (χ0v) is 17.2. The van der Waals surface area contributed by atoms with Gasteiger partial charge < -0.3 is 14.8 Å². The van der Waals surface area contributed by atoms with Crippen molar-refractivity contribution in [3.05, 3.63) is 46.4 Å². The lowest BCUT2D eigenvalue weighted by molar-refractivity contribution is -0.118. The predicted octanol–water partition coefficient (Wildman–Crippen LogP) is 3.27. The number of hydrogen-bond donors (Lipinski definition) is 1. The van der Waals surface area contributed by atoms with Crippen molar-refractivity contribution in [3.8, 4) is 11.5 Å². The van der Waals surface area contributed by atoms with E-state index >= 15 is 0 Å². The average molecular weight is 433 g/mol. The number of rotatable bonds is 7. The van der Waals surface area contributed by atoms with E-state index in [1.54, 1.807) is 12.1 Å². The SMILES string of the molecule is COc1ccc(NC(=O)COc2cc(Cl)ccc2Cl)cc1S(=O)(=O)N(C)C. The summed E-state index contributed by atoms with van der Waals surface area (Å²) in [6.45, 7) is -0.331. The molecule has 0 aliphatic carbocycles. The normalized spacial score (nSPS) is 11.3. The molecule has 0 saturated heterocycles. The summed E-state index contributed by atoms with van der Waals surface area (Å²) in [6, 6.07) is 8.95. The molecule has 27 heavy (non-hydrogen) atoms. The third-order valence-electron chi connectivity index (χ3n) is 3.46. The van der Waals surface area contributed by atoms with Gasteiger partial charge >= 0.3 is 0 Å². The van der Waals surface area contributed by atoms with Crippen LogP contribution in [0.3, 0.4) is 0 Å². The molecule has 1 N–H and O–H groups in total. The van der Waals surface area contributed by atoms with Crippen molar-refractivity contribution >= 4 is 44.8 Å². The summed E-state index contributed by atoms with van der Waals surface area (Å²) in [4.78, 5) is 12.1. The number of carbonyl (C=O) groups is 1. The lowest BCUT2D eigenvalue weighted by Crippen LogP contribution is -2.24. The van der Waals surface area contributed by atoms with E-state index in [1.165, 1.54) is 45.5 Å². The number of amides is 1. The molecular formula is C17H18Cl2N2O5S. The number of nitrogens with one attached hydrogen (secondary N) is 1. The molecule has 146 valence electrons. The molecule has 0 saturated carbocycles. The molecule has 0 bridgehead atoms. The van der Waals surface area contributed by atoms with Crippen LogP contribution >= 0.6 is 23.2 Å². The van der Waals surface area contributed by atoms with E-state index in [2.05, 4.69) is 5.32 Å². The number of sulfonamides is 1. The van der Waals surface area contributed by atoms with Gasteiger partial charge in [-0.15, -0.1) is 0 Å². The van der Waals surface area contributed by atoms with Gasteiger partial charge in [0.1, 0.15) is 16.4 Å². The first-order valence-corrected chi connectivity index (χ1v) is 9.83. The molecule has 0 spiro atoms. The summed E-state index contributed by atoms with van der Waals surface area (Å²) in [5.41, 5.74) is 0.280. The van der Waals surface area contributed by atoms with E-state index < -0.39 is 15.9 Å². The Bertz CT molecular complexity index is 948. The highest BCUT2D eigenvalue weighted by Gasteiger charge is 2.23. The second kappa shape index (κ2) is 8.79. The topological polar surface area (TPSA) is 84.9 Å². The highest BCUT2D eigenvalue weighted by molar-refractivity contribution is 7.89. The second-order valence-electron chi connectivity index (χ2n) is 5.56. The smallest absolute Gasteiger partial charge is 0.262 e. The van der Waals surface area contributed by atoms with Crippen LogP contribution in [-0.2, 0) is 14.8 Å². The molecule has 2 aromatic carbocycles. The third kappa shape index (κ3) is 5.26. The van der Waals surface area contributed by atoms with Gasteiger partial charge in [0.05, 0.1) is 12.1 Å². The molecule has 0 fully saturated rings. The van der Waals surface area contributed by atoms with Crippen molar-refractivity contribution in [3.63, 3.8) is 0 Å². The molecular weight excluding hydrogens is 415 g/mol. The summed E-state index contributed by atoms with van der Waals surface area (Å²) < 4.78 is 36.3. The molecule has 0 aromatic heterocycles. The first kappa shape index (κ1) is 21.3. The van der Waals surface area contributed by atoms with E-state index in [0.29, 0.717) is 10.0 Å². The predicted molar refractivity (Wildman–Crippen MR) is 104 cm³/mol. The lowest BCUT2D eigenvalue weighted by Gasteiger charge is -2.16. The molecule has 0 aliphatic heterocycles. The van der Waals surface area contributed by atoms with E-state index in [-0.39, 0.29) is 28.7 Å². The zero-order chi connectivity index (χ0) is 20.2. The van der Waals surface area contributed by atoms with Gasteiger partial charge in [0, 0.05) is 30.9 Å². The lowest BCUT2D eigenvalue weighted by atomic mass is 10.3. The van der Waals surface area contributed by atoms with Crippen molar-refractivity contribution in [1.29, 1.82) is 0 Å². The van der Waals surface area contributed by atoms with Crippen molar-refractivity contribution in [2.45, 2.75) is 4.90 Å². The molecule has 0 heterocycles. The monoisotopic (exact) mass is 432 g/mol. The Balaban J connectivity index is 2.15. The average Bonchev–Trinajstić information content (AvgIpc) is 2.62. The van der Waals surface area contributed by atoms with Gasteiger partial charge in [-0.3, -0.25) is 4.79 Å². The van der Waals surface area contributed by atoms with Crippen molar-refractivity contribution in [1.82, 2.24) is 4.31 Å². The maximum absolute atomic E-state index is 12.4. The van der Waals surface area contributed by atoms with Crippen LogP contribution < -0.4 is 14.8 Å². The van der Waals surface area contributed by atoms with Gasteiger partial charge in [0.2, 0.25) is 10.0 Å². The Morgan fingerprint density at radius 2 is 1.81 bits per heavy atom. The van der Waals surface area contributed by atoms with E-state index in [1.807, 2.05) is 0 Å². The first-order valence-electron chi connectivity index (χ1n) is 7.63. The molecule has 0 aliphatic rings. The summed E-state index contributed by atoms with van der Waals surface area (Å²) in [6.07, 6.45) is 0. The molecule has 1 amide bonds. The molecule has 10 heteroatoms. The van der Waals surface area contributed by atoms with E-state index in [9.17, 15) is 13.2 Å². The van der Waals surface area contributed by atoms with Gasteiger partial charge in [-0.2, -0.15) is 0 Å². The number of nitrogens with zero attached hydrogens (tertiary/aromatic N) is 1. The van der Waals surface area contributed by atoms with Gasteiger partial charge in [-0.1, -0.05) is 23.2 Å². The number of halogens is 2. The second-order valence-corrected chi connectivity index (χ2v) is 8.53. The third-order valence-corrected chi connectivity index (χ3v) is 5.84. The highest BCUT2D eigenvalue weighted by Crippen LogP contribution is 2.29. The Kier molecular flexibility index (Phi) is 6.94. The van der Waals surface area contributed by atoms with Crippen LogP contribution in [0.15, 0.2) is 41.3 Å². The highest BCUT2D eigenvalue weighted by atomic mass is 35.5. The van der Waals surface area contributed by atoms with E-state index in [4.69, 9.17) is 32.7 Å². The number of benzene rings is 2. The molecule has 0 atom stereocenters. The van der Waals surface area contributed by atoms with Crippen LogP contribution in [0, 0.1) is 0 Å². The van der Waals surface area contributed by atoms with Crippen LogP contribution in [0.2, 0.25) is 10.0 Å². The number of ether oxygens (including phenoxy) is 2. The van der Waals surface area contributed by atoms with Gasteiger partial charge in [-0.05, 0) is 30.3 Å². The Morgan fingerprint density at radius 1 is 1.11 bits per heavy atom. The van der Waals surface area contributed by atoms with Gasteiger partial charge in [0.15, 0.2) is 6.61 Å². The summed E-state index contributed by atoms with van der Waals surface area (Å²) in [7, 11) is 0.427. The maximum atomic E-state index is 12.4. The largest absolute Gasteiger partial charge is 0.495 e. The number of hydrogen-bond acceptors (Lipinski definition) is 5.